The number of carbonyl (C=O) groups is 1. The zero-order valence-corrected chi connectivity index (χ0v) is 20.5. The number of aldehydes is 1. The van der Waals surface area contributed by atoms with Crippen LogP contribution in [0.1, 0.15) is 118 Å². The van der Waals surface area contributed by atoms with Gasteiger partial charge in [-0.05, 0) is 87.4 Å². The molecule has 0 heterocycles. The molecule has 0 radical (unpaired) electrons. The van der Waals surface area contributed by atoms with Gasteiger partial charge in [-0.25, -0.2) is 0 Å². The molecule has 2 aliphatic carbocycles. The second-order valence-corrected chi connectivity index (χ2v) is 12.3. The first-order valence-electron chi connectivity index (χ1n) is 11.6. The first-order chi connectivity index (χ1) is 14.3. The molecule has 1 heteroatoms. The Morgan fingerprint density at radius 3 is 1.84 bits per heavy atom. The topological polar surface area (TPSA) is 17.1 Å². The van der Waals surface area contributed by atoms with E-state index in [4.69, 9.17) is 0 Å². The third-order valence-electron chi connectivity index (χ3n) is 7.85. The summed E-state index contributed by atoms with van der Waals surface area (Å²) in [5.41, 5.74) is 8.63. The van der Waals surface area contributed by atoms with Crippen molar-refractivity contribution in [2.45, 2.75) is 96.3 Å². The molecule has 31 heavy (non-hydrogen) atoms. The Kier molecular flexibility index (Phi) is 4.82. The van der Waals surface area contributed by atoms with Crippen LogP contribution < -0.4 is 0 Å². The van der Waals surface area contributed by atoms with E-state index in [2.05, 4.69) is 97.6 Å². The number of benzene rings is 2. The van der Waals surface area contributed by atoms with Gasteiger partial charge >= 0.3 is 0 Å². The lowest BCUT2D eigenvalue weighted by molar-refractivity contribution is 0.112. The van der Waals surface area contributed by atoms with Crippen LogP contribution in [-0.2, 0) is 21.7 Å². The van der Waals surface area contributed by atoms with Gasteiger partial charge in [0.05, 0.1) is 0 Å². The molecule has 4 rings (SSSR count). The third kappa shape index (κ3) is 3.65. The van der Waals surface area contributed by atoms with Gasteiger partial charge in [0.1, 0.15) is 0 Å². The first kappa shape index (κ1) is 21.9. The summed E-state index contributed by atoms with van der Waals surface area (Å²) in [6.45, 7) is 18.5. The highest BCUT2D eigenvalue weighted by Crippen LogP contribution is 2.49. The van der Waals surface area contributed by atoms with Crippen LogP contribution >= 0.6 is 0 Å². The average Bonchev–Trinajstić information content (AvgIpc) is 2.87. The Bertz CT molecular complexity index is 1130. The molecule has 0 fully saturated rings. The summed E-state index contributed by atoms with van der Waals surface area (Å²) in [4.78, 5) is 11.9. The van der Waals surface area contributed by atoms with Crippen molar-refractivity contribution in [1.29, 1.82) is 0 Å². The van der Waals surface area contributed by atoms with Gasteiger partial charge in [0, 0.05) is 16.7 Å². The first-order valence-corrected chi connectivity index (χ1v) is 11.6. The summed E-state index contributed by atoms with van der Waals surface area (Å²) in [5, 5.41) is 0. The van der Waals surface area contributed by atoms with Crippen molar-refractivity contribution < 1.29 is 4.79 Å². The minimum atomic E-state index is 0.0902. The molecule has 0 aromatic heterocycles. The van der Waals surface area contributed by atoms with Crippen LogP contribution in [0.3, 0.4) is 0 Å². The lowest BCUT2D eigenvalue weighted by Gasteiger charge is -2.42. The van der Waals surface area contributed by atoms with E-state index in [0.29, 0.717) is 5.56 Å². The second kappa shape index (κ2) is 6.83. The van der Waals surface area contributed by atoms with Crippen LogP contribution in [0, 0.1) is 11.8 Å². The zero-order valence-electron chi connectivity index (χ0n) is 20.5. The fourth-order valence-corrected chi connectivity index (χ4v) is 6.04. The smallest absolute Gasteiger partial charge is 0.151 e. The lowest BCUT2D eigenvalue weighted by atomic mass is 9.62. The molecule has 0 aliphatic heterocycles. The van der Waals surface area contributed by atoms with E-state index in [9.17, 15) is 4.79 Å². The fourth-order valence-electron chi connectivity index (χ4n) is 6.04. The number of hydrogen-bond donors (Lipinski definition) is 0. The summed E-state index contributed by atoms with van der Waals surface area (Å²) >= 11 is 0. The molecular formula is C30H36O. The molecule has 0 saturated heterocycles. The van der Waals surface area contributed by atoms with Crippen LogP contribution in [-0.4, -0.2) is 6.29 Å². The summed E-state index contributed by atoms with van der Waals surface area (Å²) in [6.07, 6.45) is 4.40. The normalized spacial score (nSPS) is 21.4. The van der Waals surface area contributed by atoms with E-state index in [0.717, 1.165) is 36.7 Å². The average molecular weight is 413 g/mol. The maximum Gasteiger partial charge on any atom is 0.151 e. The fraction of sp³-hybridized carbons (Fsp3) is 0.500. The summed E-state index contributed by atoms with van der Waals surface area (Å²) < 4.78 is 0. The molecule has 2 aliphatic rings. The highest BCUT2D eigenvalue weighted by Gasteiger charge is 2.41. The van der Waals surface area contributed by atoms with Gasteiger partial charge in [0.15, 0.2) is 6.29 Å². The minimum absolute atomic E-state index is 0.0902. The maximum absolute atomic E-state index is 11.9. The summed E-state index contributed by atoms with van der Waals surface area (Å²) in [6, 6.07) is 11.0. The van der Waals surface area contributed by atoms with Crippen LogP contribution in [0.4, 0.5) is 0 Å². The molecule has 0 bridgehead atoms. The maximum atomic E-state index is 11.9. The van der Waals surface area contributed by atoms with Crippen molar-refractivity contribution in [3.63, 3.8) is 0 Å². The Balaban J connectivity index is 1.80. The highest BCUT2D eigenvalue weighted by molar-refractivity contribution is 5.81. The molecule has 0 amide bonds. The molecule has 0 atom stereocenters. The van der Waals surface area contributed by atoms with E-state index in [1.165, 1.54) is 22.3 Å². The van der Waals surface area contributed by atoms with Gasteiger partial charge < -0.3 is 0 Å². The Morgan fingerprint density at radius 2 is 1.23 bits per heavy atom. The highest BCUT2D eigenvalue weighted by atomic mass is 16.1. The molecule has 2 aromatic rings. The van der Waals surface area contributed by atoms with Crippen molar-refractivity contribution in [3.05, 3.63) is 69.3 Å². The van der Waals surface area contributed by atoms with Crippen LogP contribution in [0.15, 0.2) is 30.3 Å². The Labute approximate surface area is 188 Å². The molecule has 0 N–H and O–H groups in total. The van der Waals surface area contributed by atoms with Crippen molar-refractivity contribution in [2.75, 3.05) is 0 Å². The predicted octanol–water partition coefficient (Wildman–Crippen LogP) is 7.21. The Morgan fingerprint density at radius 1 is 0.677 bits per heavy atom. The monoisotopic (exact) mass is 412 g/mol. The van der Waals surface area contributed by atoms with Crippen LogP contribution in [0.25, 0.3) is 0 Å². The van der Waals surface area contributed by atoms with Crippen molar-refractivity contribution >= 4 is 6.29 Å². The molecule has 1 nitrogen and oxygen atoms in total. The quantitative estimate of drug-likeness (QED) is 0.357. The summed E-state index contributed by atoms with van der Waals surface area (Å²) in [7, 11) is 0. The van der Waals surface area contributed by atoms with E-state index in [1.54, 1.807) is 0 Å². The van der Waals surface area contributed by atoms with Crippen molar-refractivity contribution in [1.82, 2.24) is 0 Å². The van der Waals surface area contributed by atoms with Crippen molar-refractivity contribution in [2.24, 2.45) is 0 Å². The van der Waals surface area contributed by atoms with Gasteiger partial charge in [-0.15, -0.1) is 0 Å². The van der Waals surface area contributed by atoms with E-state index >= 15 is 0 Å². The largest absolute Gasteiger partial charge is 0.298 e. The van der Waals surface area contributed by atoms with Gasteiger partial charge in [-0.1, -0.05) is 73.3 Å². The Hall–Kier alpha value is -2.33. The number of carbonyl (C=O) groups excluding carboxylic acids is 1. The zero-order chi connectivity index (χ0) is 22.8. The lowest BCUT2D eigenvalue weighted by Crippen LogP contribution is -2.34. The molecule has 0 saturated carbocycles. The van der Waals surface area contributed by atoms with E-state index < -0.39 is 0 Å². The third-order valence-corrected chi connectivity index (χ3v) is 7.85. The molecule has 0 unspecified atom stereocenters. The molecule has 2 aromatic carbocycles. The van der Waals surface area contributed by atoms with Crippen LogP contribution in [0.5, 0.6) is 0 Å². The molecule has 0 spiro atoms. The van der Waals surface area contributed by atoms with E-state index in [-0.39, 0.29) is 21.7 Å². The van der Waals surface area contributed by atoms with Gasteiger partial charge in [0.2, 0.25) is 0 Å². The summed E-state index contributed by atoms with van der Waals surface area (Å²) in [5.74, 6) is 6.73. The molecule has 162 valence electrons. The second-order valence-electron chi connectivity index (χ2n) is 12.3. The predicted molar refractivity (Wildman–Crippen MR) is 130 cm³/mol. The SMILES string of the molecule is CC1(C)CCC(C)(C)c2cc(C=O)c(C#Cc3ccc4c(c3)C(C)(C)CC4(C)C)cc21. The van der Waals surface area contributed by atoms with Gasteiger partial charge in [-0.2, -0.15) is 0 Å². The van der Waals surface area contributed by atoms with Crippen molar-refractivity contribution in [3.8, 4) is 11.8 Å². The molecular weight excluding hydrogens is 376 g/mol. The van der Waals surface area contributed by atoms with E-state index in [1.807, 2.05) is 0 Å². The van der Waals surface area contributed by atoms with Gasteiger partial charge in [0.25, 0.3) is 0 Å². The number of rotatable bonds is 1. The standard InChI is InChI=1S/C30H36O/c1-27(2)13-14-28(3,4)26-17-22(18-31)21(16-25(26)27)11-9-20-10-12-23-24(15-20)30(7,8)19-29(23,5)6/h10,12,15-18H,13-14,19H2,1-8H3. The van der Waals surface area contributed by atoms with Crippen LogP contribution in [0.2, 0.25) is 0 Å². The minimum Gasteiger partial charge on any atom is -0.298 e. The number of hydrogen-bond acceptors (Lipinski definition) is 1. The number of fused-ring (bicyclic) bond motifs is 2. The van der Waals surface area contributed by atoms with Gasteiger partial charge in [-0.3, -0.25) is 4.79 Å².